The highest BCUT2D eigenvalue weighted by Crippen LogP contribution is 2.30. The Labute approximate surface area is 129 Å². The number of aromatic nitrogens is 2. The van der Waals surface area contributed by atoms with E-state index in [2.05, 4.69) is 4.98 Å². The fourth-order valence-corrected chi connectivity index (χ4v) is 2.41. The van der Waals surface area contributed by atoms with Gasteiger partial charge in [0.2, 0.25) is 5.28 Å². The summed E-state index contributed by atoms with van der Waals surface area (Å²) in [5.41, 5.74) is 1.10. The molecule has 0 amide bonds. The molecular weight excluding hydrogens is 317 g/mol. The average Bonchev–Trinajstić information content (AvgIpc) is 2.84. The molecular formula is C15H8Cl2F2N2. The first kappa shape index (κ1) is 14.0. The fraction of sp³-hybridized carbons (Fsp3) is 0. The minimum Gasteiger partial charge on any atom is -0.283 e. The molecule has 0 saturated carbocycles. The van der Waals surface area contributed by atoms with E-state index in [1.807, 2.05) is 0 Å². The van der Waals surface area contributed by atoms with Crippen molar-refractivity contribution in [1.82, 2.24) is 9.55 Å². The normalized spacial score (nSPS) is 10.9. The summed E-state index contributed by atoms with van der Waals surface area (Å²) < 4.78 is 28.9. The van der Waals surface area contributed by atoms with Crippen LogP contribution < -0.4 is 0 Å². The summed E-state index contributed by atoms with van der Waals surface area (Å²) in [6.07, 6.45) is 1.40. The molecule has 0 bridgehead atoms. The Bertz CT molecular complexity index is 798. The molecule has 106 valence electrons. The second kappa shape index (κ2) is 5.47. The maximum Gasteiger partial charge on any atom is 0.207 e. The molecule has 0 N–H and O–H groups in total. The minimum atomic E-state index is -0.553. The highest BCUT2D eigenvalue weighted by Gasteiger charge is 2.16. The van der Waals surface area contributed by atoms with E-state index in [-0.39, 0.29) is 10.8 Å². The molecule has 3 aromatic rings. The lowest BCUT2D eigenvalue weighted by atomic mass is 10.1. The minimum absolute atomic E-state index is 0.0874. The van der Waals surface area contributed by atoms with E-state index in [0.717, 1.165) is 18.2 Å². The Morgan fingerprint density at radius 2 is 1.67 bits per heavy atom. The van der Waals surface area contributed by atoms with Crippen LogP contribution in [0.5, 0.6) is 0 Å². The van der Waals surface area contributed by atoms with Crippen molar-refractivity contribution in [3.63, 3.8) is 0 Å². The van der Waals surface area contributed by atoms with Crippen LogP contribution >= 0.6 is 23.2 Å². The zero-order chi connectivity index (χ0) is 15.0. The van der Waals surface area contributed by atoms with E-state index in [4.69, 9.17) is 23.2 Å². The highest BCUT2D eigenvalue weighted by atomic mass is 35.5. The Morgan fingerprint density at radius 1 is 0.952 bits per heavy atom. The largest absolute Gasteiger partial charge is 0.283 e. The molecule has 1 heterocycles. The predicted octanol–water partition coefficient (Wildman–Crippen LogP) is 5.12. The van der Waals surface area contributed by atoms with Crippen molar-refractivity contribution in [1.29, 1.82) is 0 Å². The fourth-order valence-electron chi connectivity index (χ4n) is 2.05. The molecule has 3 rings (SSSR count). The van der Waals surface area contributed by atoms with Gasteiger partial charge in [-0.3, -0.25) is 4.57 Å². The SMILES string of the molecule is Fc1ccc(F)c(-c2cnc(Cl)n2-c2ccc(Cl)cc2)c1. The summed E-state index contributed by atoms with van der Waals surface area (Å²) in [4.78, 5) is 3.97. The van der Waals surface area contributed by atoms with Crippen molar-refractivity contribution in [2.75, 3.05) is 0 Å². The molecule has 0 spiro atoms. The van der Waals surface area contributed by atoms with Gasteiger partial charge in [-0.2, -0.15) is 0 Å². The van der Waals surface area contributed by atoms with Crippen molar-refractivity contribution >= 4 is 23.2 Å². The quantitative estimate of drug-likeness (QED) is 0.639. The molecule has 0 atom stereocenters. The smallest absolute Gasteiger partial charge is 0.207 e. The lowest BCUT2D eigenvalue weighted by molar-refractivity contribution is 0.602. The van der Waals surface area contributed by atoms with Crippen molar-refractivity contribution < 1.29 is 8.78 Å². The molecule has 0 unspecified atom stereocenters. The second-order valence-corrected chi connectivity index (χ2v) is 5.12. The van der Waals surface area contributed by atoms with Gasteiger partial charge in [-0.1, -0.05) is 11.6 Å². The van der Waals surface area contributed by atoms with Crippen molar-refractivity contribution in [2.45, 2.75) is 0 Å². The van der Waals surface area contributed by atoms with Gasteiger partial charge in [0.05, 0.1) is 11.9 Å². The van der Waals surface area contributed by atoms with E-state index in [9.17, 15) is 8.78 Å². The number of hydrogen-bond acceptors (Lipinski definition) is 1. The summed E-state index contributed by atoms with van der Waals surface area (Å²) in [6, 6.07) is 10.0. The van der Waals surface area contributed by atoms with Crippen LogP contribution in [0, 0.1) is 11.6 Å². The molecule has 6 heteroatoms. The van der Waals surface area contributed by atoms with Crippen LogP contribution in [0.3, 0.4) is 0 Å². The first-order valence-corrected chi connectivity index (χ1v) is 6.76. The van der Waals surface area contributed by atoms with Gasteiger partial charge in [0.15, 0.2) is 0 Å². The van der Waals surface area contributed by atoms with Gasteiger partial charge in [-0.05, 0) is 54.1 Å². The number of nitrogens with zero attached hydrogens (tertiary/aromatic N) is 2. The third-order valence-electron chi connectivity index (χ3n) is 3.01. The molecule has 21 heavy (non-hydrogen) atoms. The first-order valence-electron chi connectivity index (χ1n) is 6.01. The van der Waals surface area contributed by atoms with Gasteiger partial charge in [0, 0.05) is 16.3 Å². The molecule has 0 aliphatic carbocycles. The number of hydrogen-bond donors (Lipinski definition) is 0. The lowest BCUT2D eigenvalue weighted by Crippen LogP contribution is -1.98. The van der Waals surface area contributed by atoms with Crippen molar-refractivity contribution in [2.24, 2.45) is 0 Å². The molecule has 0 aliphatic heterocycles. The molecule has 0 fully saturated rings. The van der Waals surface area contributed by atoms with Crippen LogP contribution in [0.15, 0.2) is 48.7 Å². The zero-order valence-corrected chi connectivity index (χ0v) is 12.0. The van der Waals surface area contributed by atoms with Crippen LogP contribution in [0.1, 0.15) is 0 Å². The third kappa shape index (κ3) is 2.64. The van der Waals surface area contributed by atoms with Crippen LogP contribution in [0.25, 0.3) is 16.9 Å². The number of imidazole rings is 1. The molecule has 2 aromatic carbocycles. The Hall–Kier alpha value is -1.91. The Kier molecular flexibility index (Phi) is 3.66. The molecule has 1 aromatic heterocycles. The van der Waals surface area contributed by atoms with E-state index in [0.29, 0.717) is 16.4 Å². The summed E-state index contributed by atoms with van der Waals surface area (Å²) >= 11 is 11.9. The summed E-state index contributed by atoms with van der Waals surface area (Å²) in [5.74, 6) is -1.09. The molecule has 2 nitrogen and oxygen atoms in total. The first-order chi connectivity index (χ1) is 10.1. The highest BCUT2D eigenvalue weighted by molar-refractivity contribution is 6.30. The van der Waals surface area contributed by atoms with Gasteiger partial charge in [0.1, 0.15) is 11.6 Å². The van der Waals surface area contributed by atoms with Crippen molar-refractivity contribution in [3.05, 3.63) is 70.6 Å². The lowest BCUT2D eigenvalue weighted by Gasteiger charge is -2.10. The van der Waals surface area contributed by atoms with Gasteiger partial charge in [0.25, 0.3) is 0 Å². The van der Waals surface area contributed by atoms with Crippen molar-refractivity contribution in [3.8, 4) is 16.9 Å². The van der Waals surface area contributed by atoms with Crippen LogP contribution in [-0.2, 0) is 0 Å². The second-order valence-electron chi connectivity index (χ2n) is 4.35. The maximum absolute atomic E-state index is 14.0. The van der Waals surface area contributed by atoms with Gasteiger partial charge < -0.3 is 0 Å². The van der Waals surface area contributed by atoms with E-state index in [1.165, 1.54) is 10.8 Å². The number of rotatable bonds is 2. The Balaban J connectivity index is 2.21. The van der Waals surface area contributed by atoms with Crippen LogP contribution in [-0.4, -0.2) is 9.55 Å². The summed E-state index contributed by atoms with van der Waals surface area (Å²) in [7, 11) is 0. The van der Waals surface area contributed by atoms with Gasteiger partial charge in [-0.25, -0.2) is 13.8 Å². The summed E-state index contributed by atoms with van der Waals surface area (Å²) in [5, 5.41) is 0.712. The average molecular weight is 325 g/mol. The molecule has 0 radical (unpaired) electrons. The topological polar surface area (TPSA) is 17.8 Å². The maximum atomic E-state index is 14.0. The van der Waals surface area contributed by atoms with Gasteiger partial charge >= 0.3 is 0 Å². The number of halogens is 4. The third-order valence-corrected chi connectivity index (χ3v) is 3.53. The monoisotopic (exact) mass is 324 g/mol. The molecule has 0 saturated heterocycles. The van der Waals surface area contributed by atoms with Gasteiger partial charge in [-0.15, -0.1) is 0 Å². The van der Waals surface area contributed by atoms with Crippen LogP contribution in [0.2, 0.25) is 10.3 Å². The standard InChI is InChI=1S/C15H8Cl2F2N2/c16-9-1-4-11(5-2-9)21-14(8-20-15(21)17)12-7-10(18)3-6-13(12)19/h1-8H. The summed E-state index contributed by atoms with van der Waals surface area (Å²) in [6.45, 7) is 0. The van der Waals surface area contributed by atoms with E-state index < -0.39 is 11.6 Å². The molecule has 0 aliphatic rings. The number of benzene rings is 2. The van der Waals surface area contributed by atoms with E-state index >= 15 is 0 Å². The van der Waals surface area contributed by atoms with E-state index in [1.54, 1.807) is 24.3 Å². The zero-order valence-electron chi connectivity index (χ0n) is 10.5. The van der Waals surface area contributed by atoms with Crippen LogP contribution in [0.4, 0.5) is 8.78 Å². The Morgan fingerprint density at radius 3 is 2.38 bits per heavy atom. The predicted molar refractivity (Wildman–Crippen MR) is 78.9 cm³/mol.